The second-order valence-electron chi connectivity index (χ2n) is 7.84. The van der Waals surface area contributed by atoms with E-state index in [1.807, 2.05) is 85.0 Å². The average molecular weight is 537 g/mol. The van der Waals surface area contributed by atoms with Gasteiger partial charge in [0, 0.05) is 17.7 Å². The average Bonchev–Trinajstić information content (AvgIpc) is 2.80. The molecule has 4 nitrogen and oxygen atoms in total. The zero-order chi connectivity index (χ0) is 24.2. The van der Waals surface area contributed by atoms with Crippen molar-refractivity contribution < 1.29 is 4.74 Å². The van der Waals surface area contributed by atoms with Crippen LogP contribution in [0.15, 0.2) is 103 Å². The van der Waals surface area contributed by atoms with Crippen molar-refractivity contribution in [3.05, 3.63) is 108 Å². The summed E-state index contributed by atoms with van der Waals surface area (Å²) in [6, 6.07) is 10.3. The van der Waals surface area contributed by atoms with Crippen LogP contribution in [-0.4, -0.2) is 34.3 Å². The van der Waals surface area contributed by atoms with E-state index in [0.717, 1.165) is 12.1 Å². The first-order valence-corrected chi connectivity index (χ1v) is 12.5. The Morgan fingerprint density at radius 3 is 2.24 bits per heavy atom. The molecule has 1 aliphatic carbocycles. The maximum atomic E-state index is 6.29. The van der Waals surface area contributed by atoms with Crippen molar-refractivity contribution in [2.75, 3.05) is 13.2 Å². The van der Waals surface area contributed by atoms with E-state index in [9.17, 15) is 0 Å². The molecule has 1 fully saturated rings. The van der Waals surface area contributed by atoms with Gasteiger partial charge >= 0.3 is 0 Å². The highest BCUT2D eigenvalue weighted by Crippen LogP contribution is 2.31. The third-order valence-electron chi connectivity index (χ3n) is 5.18. The summed E-state index contributed by atoms with van der Waals surface area (Å²) in [6.07, 6.45) is 21.4. The summed E-state index contributed by atoms with van der Waals surface area (Å²) >= 11 is 24.4. The van der Waals surface area contributed by atoms with Crippen molar-refractivity contribution in [3.8, 4) is 0 Å². The predicted molar refractivity (Wildman–Crippen MR) is 148 cm³/mol. The maximum absolute atomic E-state index is 6.29. The zero-order valence-corrected chi connectivity index (χ0v) is 21.6. The van der Waals surface area contributed by atoms with Crippen LogP contribution < -0.4 is 16.0 Å². The predicted octanol–water partition coefficient (Wildman–Crippen LogP) is 5.99. The number of ether oxygens (including phenoxy) is 1. The molecule has 2 aliphatic rings. The molecule has 3 rings (SSSR count). The number of hydrogen-bond acceptors (Lipinski definition) is 3. The number of hydrogen-bond donors (Lipinski definition) is 3. The second-order valence-corrected chi connectivity index (χ2v) is 10.6. The molecule has 3 atom stereocenters. The Balaban J connectivity index is 1.63. The third-order valence-corrected chi connectivity index (χ3v) is 6.06. The van der Waals surface area contributed by atoms with Crippen molar-refractivity contribution >= 4 is 52.1 Å². The summed E-state index contributed by atoms with van der Waals surface area (Å²) in [7, 11) is 0. The summed E-state index contributed by atoms with van der Waals surface area (Å²) in [5.74, 6) is 0.267. The van der Waals surface area contributed by atoms with E-state index in [-0.39, 0.29) is 12.0 Å². The van der Waals surface area contributed by atoms with Crippen molar-refractivity contribution in [3.63, 3.8) is 0 Å². The first-order chi connectivity index (χ1) is 16.4. The summed E-state index contributed by atoms with van der Waals surface area (Å²) < 4.78 is 4.21. The van der Waals surface area contributed by atoms with Crippen LogP contribution >= 0.6 is 47.0 Å². The minimum absolute atomic E-state index is 0.0109. The van der Waals surface area contributed by atoms with Crippen molar-refractivity contribution in [2.24, 2.45) is 0 Å². The Morgan fingerprint density at radius 2 is 1.56 bits per heavy atom. The first-order valence-electron chi connectivity index (χ1n) is 11.0. The van der Waals surface area contributed by atoms with E-state index in [1.165, 1.54) is 5.56 Å². The summed E-state index contributed by atoms with van der Waals surface area (Å²) in [5.41, 5.74) is 2.02. The Bertz CT molecular complexity index is 981. The Hall–Kier alpha value is -1.86. The molecule has 34 heavy (non-hydrogen) atoms. The summed E-state index contributed by atoms with van der Waals surface area (Å²) in [4.78, 5) is 0. The molecule has 3 N–H and O–H groups in total. The molecule has 8 heteroatoms. The topological polar surface area (TPSA) is 45.3 Å². The van der Waals surface area contributed by atoms with Gasteiger partial charge in [-0.3, -0.25) is 5.32 Å². The van der Waals surface area contributed by atoms with Gasteiger partial charge in [-0.25, -0.2) is 0 Å². The number of thiocarbonyl (C=S) groups is 1. The molecule has 1 aromatic rings. The molecular weight excluding hydrogens is 509 g/mol. The minimum atomic E-state index is -1.64. The van der Waals surface area contributed by atoms with Crippen LogP contribution in [0.5, 0.6) is 0 Å². The molecule has 0 bridgehead atoms. The van der Waals surface area contributed by atoms with Crippen LogP contribution in [0.25, 0.3) is 0 Å². The van der Waals surface area contributed by atoms with E-state index in [2.05, 4.69) is 28.1 Å². The maximum Gasteiger partial charge on any atom is 0.223 e. The van der Waals surface area contributed by atoms with Crippen molar-refractivity contribution in [1.29, 1.82) is 0 Å². The van der Waals surface area contributed by atoms with Gasteiger partial charge in [-0.2, -0.15) is 0 Å². The van der Waals surface area contributed by atoms with Crippen LogP contribution in [0.4, 0.5) is 0 Å². The van der Waals surface area contributed by atoms with Gasteiger partial charge in [-0.1, -0.05) is 120 Å². The normalized spacial score (nSPS) is 28.0. The number of rotatable bonds is 5. The lowest BCUT2D eigenvalue weighted by Gasteiger charge is -2.36. The fraction of sp³-hybridized carbons (Fsp3) is 0.269. The number of benzene rings is 1. The molecule has 3 unspecified atom stereocenters. The van der Waals surface area contributed by atoms with Crippen LogP contribution in [0.3, 0.4) is 0 Å². The highest BCUT2D eigenvalue weighted by molar-refractivity contribution is 7.80. The van der Waals surface area contributed by atoms with Crippen LogP contribution in [-0.2, 0) is 4.74 Å². The van der Waals surface area contributed by atoms with Gasteiger partial charge in [0.2, 0.25) is 3.79 Å². The molecule has 1 saturated heterocycles. The molecule has 0 aromatic heterocycles. The molecule has 1 aromatic carbocycles. The van der Waals surface area contributed by atoms with Gasteiger partial charge in [0.05, 0.1) is 13.2 Å². The molecule has 0 spiro atoms. The number of allylic oxidation sites excluding steroid dienone is 11. The Morgan fingerprint density at radius 1 is 0.912 bits per heavy atom. The fourth-order valence-corrected chi connectivity index (χ4v) is 4.15. The van der Waals surface area contributed by atoms with Gasteiger partial charge in [0.1, 0.15) is 6.17 Å². The third kappa shape index (κ3) is 9.41. The molecule has 0 radical (unpaired) electrons. The smallest absolute Gasteiger partial charge is 0.223 e. The molecule has 0 saturated carbocycles. The lowest BCUT2D eigenvalue weighted by atomic mass is 9.91. The highest BCUT2D eigenvalue weighted by Gasteiger charge is 2.36. The van der Waals surface area contributed by atoms with Gasteiger partial charge < -0.3 is 15.4 Å². The summed E-state index contributed by atoms with van der Waals surface area (Å²) in [5, 5.41) is 9.98. The Kier molecular flexibility index (Phi) is 10.9. The number of nitrogens with one attached hydrogen (secondary N) is 3. The number of alkyl halides is 3. The quantitative estimate of drug-likeness (QED) is 0.245. The zero-order valence-electron chi connectivity index (χ0n) is 18.5. The van der Waals surface area contributed by atoms with E-state index < -0.39 is 9.96 Å². The van der Waals surface area contributed by atoms with Gasteiger partial charge in [0.15, 0.2) is 5.11 Å². The van der Waals surface area contributed by atoms with Gasteiger partial charge in [0.25, 0.3) is 0 Å². The second kappa shape index (κ2) is 13.9. The fourth-order valence-electron chi connectivity index (χ4n) is 3.56. The van der Waals surface area contributed by atoms with Crippen LogP contribution in [0.2, 0.25) is 0 Å². The molecule has 1 aliphatic heterocycles. The van der Waals surface area contributed by atoms with E-state index in [4.69, 9.17) is 51.8 Å². The molecule has 1 heterocycles. The first kappa shape index (κ1) is 26.7. The van der Waals surface area contributed by atoms with Crippen LogP contribution in [0.1, 0.15) is 17.9 Å². The molecule has 180 valence electrons. The van der Waals surface area contributed by atoms with E-state index in [0.29, 0.717) is 18.3 Å². The summed E-state index contributed by atoms with van der Waals surface area (Å²) in [6.45, 7) is 1.19. The minimum Gasteiger partial charge on any atom is -0.379 e. The number of halogens is 3. The lowest BCUT2D eigenvalue weighted by molar-refractivity contribution is 0.0505. The van der Waals surface area contributed by atoms with E-state index >= 15 is 0 Å². The molecule has 0 amide bonds. The highest BCUT2D eigenvalue weighted by atomic mass is 35.6. The van der Waals surface area contributed by atoms with E-state index in [1.54, 1.807) is 0 Å². The largest absolute Gasteiger partial charge is 0.379 e. The van der Waals surface area contributed by atoms with Crippen LogP contribution in [0, 0.1) is 0 Å². The lowest BCUT2D eigenvalue weighted by Crippen LogP contribution is -2.59. The standard InChI is InChI=1S/C26H28Cl3N3OS/c27-26(28,29)24(30-23-17-21(18-33-19-23)20-13-9-8-10-14-20)32-25(34)31-22-15-11-6-4-2-1-3-5-7-12-16-22/h1-16,21,23-24,30H,17-19H2,(H2,31,32,34)/b2-1-,3-1?,4-2?,5-3-,6-4-,7-5?,11-6?,12-7-,15-11-,16-12?,22-15?,22-16+. The SMILES string of the molecule is S=C(NC1=C/C=C\C=C/C=C\C=C/C=C\1)NC(NC1COCC(c2ccccc2)C1)C(Cl)(Cl)Cl. The van der Waals surface area contributed by atoms with Crippen molar-refractivity contribution in [2.45, 2.75) is 28.3 Å². The Labute approximate surface area is 222 Å². The van der Waals surface area contributed by atoms with Gasteiger partial charge in [-0.15, -0.1) is 0 Å². The monoisotopic (exact) mass is 535 g/mol. The van der Waals surface area contributed by atoms with Crippen molar-refractivity contribution in [1.82, 2.24) is 16.0 Å². The van der Waals surface area contributed by atoms with Gasteiger partial charge in [-0.05, 0) is 36.4 Å². The molecular formula is C26H28Cl3N3OS.